The SMILES string of the molecule is O=C(c1cccnc1)N1C[C@@H]2[C@H](c3ccccc31)[C@H](CO)N2C(=O)Nc1ccccc1. The zero-order chi connectivity index (χ0) is 21.4. The van der Waals surface area contributed by atoms with E-state index in [9.17, 15) is 14.7 Å². The molecule has 0 bridgehead atoms. The first kappa shape index (κ1) is 19.3. The van der Waals surface area contributed by atoms with Crippen LogP contribution in [0.15, 0.2) is 79.1 Å². The van der Waals surface area contributed by atoms with Crippen molar-refractivity contribution >= 4 is 23.3 Å². The lowest BCUT2D eigenvalue weighted by Crippen LogP contribution is -2.71. The van der Waals surface area contributed by atoms with Crippen molar-refractivity contribution < 1.29 is 14.7 Å². The molecule has 2 aromatic carbocycles. The van der Waals surface area contributed by atoms with E-state index in [-0.39, 0.29) is 36.5 Å². The van der Waals surface area contributed by atoms with Gasteiger partial charge in [0, 0.05) is 36.2 Å². The van der Waals surface area contributed by atoms with E-state index in [4.69, 9.17) is 0 Å². The molecular weight excluding hydrogens is 392 g/mol. The zero-order valence-corrected chi connectivity index (χ0v) is 16.8. The number of hydrogen-bond donors (Lipinski definition) is 2. The van der Waals surface area contributed by atoms with Gasteiger partial charge in [-0.1, -0.05) is 36.4 Å². The molecule has 1 saturated heterocycles. The fraction of sp³-hybridized carbons (Fsp3) is 0.208. The topological polar surface area (TPSA) is 85.8 Å². The van der Waals surface area contributed by atoms with Crippen LogP contribution in [-0.4, -0.2) is 52.2 Å². The summed E-state index contributed by atoms with van der Waals surface area (Å²) in [7, 11) is 0. The van der Waals surface area contributed by atoms with Crippen LogP contribution in [0.25, 0.3) is 0 Å². The summed E-state index contributed by atoms with van der Waals surface area (Å²) in [6, 6.07) is 19.6. The summed E-state index contributed by atoms with van der Waals surface area (Å²) in [5.41, 5.74) is 2.97. The number of urea groups is 1. The number of hydrogen-bond acceptors (Lipinski definition) is 4. The minimum absolute atomic E-state index is 0.0272. The van der Waals surface area contributed by atoms with Crippen LogP contribution in [0.2, 0.25) is 0 Å². The fourth-order valence-corrected chi connectivity index (χ4v) is 4.71. The van der Waals surface area contributed by atoms with E-state index in [2.05, 4.69) is 10.3 Å². The Morgan fingerprint density at radius 2 is 1.81 bits per heavy atom. The third-order valence-corrected chi connectivity index (χ3v) is 6.10. The molecule has 0 radical (unpaired) electrons. The van der Waals surface area contributed by atoms with Crippen LogP contribution in [0.4, 0.5) is 16.2 Å². The van der Waals surface area contributed by atoms with Crippen molar-refractivity contribution in [2.45, 2.75) is 18.0 Å². The number of carbonyl (C=O) groups is 2. The number of aliphatic hydroxyl groups is 1. The quantitative estimate of drug-likeness (QED) is 0.690. The molecule has 2 aliphatic heterocycles. The summed E-state index contributed by atoms with van der Waals surface area (Å²) in [4.78, 5) is 33.8. The number of para-hydroxylation sites is 2. The number of amides is 3. The average Bonchev–Trinajstić information content (AvgIpc) is 2.80. The maximum Gasteiger partial charge on any atom is 0.322 e. The second-order valence-electron chi connectivity index (χ2n) is 7.76. The highest BCUT2D eigenvalue weighted by molar-refractivity contribution is 6.07. The standard InChI is InChI=1S/C24H22N4O3/c29-15-21-22-18-10-4-5-11-19(18)27(23(30)16-7-6-12-25-13-16)14-20(22)28(21)24(31)26-17-8-2-1-3-9-17/h1-13,20-22,29H,14-15H2,(H,26,31)/t20-,21+,22+/m1/s1. The third-order valence-electron chi connectivity index (χ3n) is 6.10. The third kappa shape index (κ3) is 3.23. The molecule has 156 valence electrons. The largest absolute Gasteiger partial charge is 0.394 e. The van der Waals surface area contributed by atoms with Gasteiger partial charge >= 0.3 is 6.03 Å². The normalized spacial score (nSPS) is 21.5. The van der Waals surface area contributed by atoms with Gasteiger partial charge in [-0.15, -0.1) is 0 Å². The van der Waals surface area contributed by atoms with Crippen LogP contribution in [0, 0.1) is 0 Å². The number of carbonyl (C=O) groups excluding carboxylic acids is 2. The number of anilines is 2. The molecule has 1 fully saturated rings. The summed E-state index contributed by atoms with van der Waals surface area (Å²) in [5.74, 6) is -0.185. The Kier molecular flexibility index (Phi) is 4.88. The van der Waals surface area contributed by atoms with Crippen molar-refractivity contribution in [3.8, 4) is 0 Å². The van der Waals surface area contributed by atoms with Crippen LogP contribution in [-0.2, 0) is 0 Å². The lowest BCUT2D eigenvalue weighted by atomic mass is 9.72. The monoisotopic (exact) mass is 414 g/mol. The van der Waals surface area contributed by atoms with E-state index in [1.54, 1.807) is 34.3 Å². The molecule has 2 N–H and O–H groups in total. The summed E-state index contributed by atoms with van der Waals surface area (Å²) < 4.78 is 0. The first-order chi connectivity index (χ1) is 15.2. The van der Waals surface area contributed by atoms with Gasteiger partial charge in [0.05, 0.1) is 24.3 Å². The first-order valence-corrected chi connectivity index (χ1v) is 10.2. The highest BCUT2D eigenvalue weighted by Gasteiger charge is 2.55. The number of nitrogens with one attached hydrogen (secondary N) is 1. The number of pyridine rings is 1. The van der Waals surface area contributed by atoms with Crippen molar-refractivity contribution in [2.75, 3.05) is 23.4 Å². The number of rotatable bonds is 3. The van der Waals surface area contributed by atoms with Crippen LogP contribution < -0.4 is 10.2 Å². The Morgan fingerprint density at radius 1 is 1.03 bits per heavy atom. The van der Waals surface area contributed by atoms with Gasteiger partial charge in [-0.25, -0.2) is 4.79 Å². The molecule has 7 nitrogen and oxygen atoms in total. The van der Waals surface area contributed by atoms with Crippen molar-refractivity contribution in [3.63, 3.8) is 0 Å². The fourth-order valence-electron chi connectivity index (χ4n) is 4.71. The van der Waals surface area contributed by atoms with Gasteiger partial charge in [-0.2, -0.15) is 0 Å². The second kappa shape index (κ2) is 7.85. The van der Waals surface area contributed by atoms with Gasteiger partial charge < -0.3 is 20.2 Å². The Labute approximate surface area is 179 Å². The molecular formula is C24H22N4O3. The Hall–Kier alpha value is -3.71. The lowest BCUT2D eigenvalue weighted by molar-refractivity contribution is -0.00265. The molecule has 1 aromatic heterocycles. The summed E-state index contributed by atoms with van der Waals surface area (Å²) in [5, 5.41) is 13.0. The van der Waals surface area contributed by atoms with Gasteiger partial charge in [0.15, 0.2) is 0 Å². The number of aromatic nitrogens is 1. The van der Waals surface area contributed by atoms with Gasteiger partial charge in [0.1, 0.15) is 0 Å². The molecule has 3 amide bonds. The zero-order valence-electron chi connectivity index (χ0n) is 16.8. The second-order valence-corrected chi connectivity index (χ2v) is 7.76. The van der Waals surface area contributed by atoms with Gasteiger partial charge in [0.2, 0.25) is 0 Å². The minimum Gasteiger partial charge on any atom is -0.394 e. The number of fused-ring (bicyclic) bond motifs is 3. The first-order valence-electron chi connectivity index (χ1n) is 10.2. The van der Waals surface area contributed by atoms with Crippen molar-refractivity contribution in [1.29, 1.82) is 0 Å². The molecule has 3 aromatic rings. The average molecular weight is 414 g/mol. The van der Waals surface area contributed by atoms with Crippen molar-refractivity contribution in [3.05, 3.63) is 90.3 Å². The summed E-state index contributed by atoms with van der Waals surface area (Å²) in [6.07, 6.45) is 3.18. The predicted molar refractivity (Wildman–Crippen MR) is 117 cm³/mol. The molecule has 5 rings (SSSR count). The minimum atomic E-state index is -0.342. The van der Waals surface area contributed by atoms with Crippen molar-refractivity contribution in [1.82, 2.24) is 9.88 Å². The number of aliphatic hydroxyl groups excluding tert-OH is 1. The molecule has 0 spiro atoms. The molecule has 0 unspecified atom stereocenters. The smallest absolute Gasteiger partial charge is 0.322 e. The summed E-state index contributed by atoms with van der Waals surface area (Å²) >= 11 is 0. The molecule has 3 atom stereocenters. The van der Waals surface area contributed by atoms with E-state index in [0.29, 0.717) is 17.8 Å². The Bertz CT molecular complexity index is 1110. The maximum absolute atomic E-state index is 13.3. The Balaban J connectivity index is 1.47. The molecule has 31 heavy (non-hydrogen) atoms. The number of nitrogens with zero attached hydrogens (tertiary/aromatic N) is 3. The highest BCUT2D eigenvalue weighted by Crippen LogP contribution is 2.48. The number of likely N-dealkylation sites (tertiary alicyclic amines) is 1. The van der Waals surface area contributed by atoms with Gasteiger partial charge in [-0.05, 0) is 35.9 Å². The van der Waals surface area contributed by atoms with Gasteiger partial charge in [0.25, 0.3) is 5.91 Å². The highest BCUT2D eigenvalue weighted by atomic mass is 16.3. The van der Waals surface area contributed by atoms with Gasteiger partial charge in [-0.3, -0.25) is 9.78 Å². The predicted octanol–water partition coefficient (Wildman–Crippen LogP) is 3.10. The maximum atomic E-state index is 13.3. The van der Waals surface area contributed by atoms with Crippen LogP contribution in [0.3, 0.4) is 0 Å². The van der Waals surface area contributed by atoms with Crippen LogP contribution >= 0.6 is 0 Å². The lowest BCUT2D eigenvalue weighted by Gasteiger charge is -2.58. The van der Waals surface area contributed by atoms with Crippen LogP contribution in [0.5, 0.6) is 0 Å². The molecule has 7 heteroatoms. The van der Waals surface area contributed by atoms with Crippen molar-refractivity contribution in [2.24, 2.45) is 0 Å². The van der Waals surface area contributed by atoms with E-state index in [1.165, 1.54) is 0 Å². The van der Waals surface area contributed by atoms with E-state index in [0.717, 1.165) is 11.3 Å². The Morgan fingerprint density at radius 3 is 2.55 bits per heavy atom. The molecule has 3 heterocycles. The summed E-state index contributed by atoms with van der Waals surface area (Å²) in [6.45, 7) is 0.211. The van der Waals surface area contributed by atoms with E-state index >= 15 is 0 Å². The number of benzene rings is 2. The van der Waals surface area contributed by atoms with E-state index in [1.807, 2.05) is 54.6 Å². The molecule has 2 aliphatic rings. The van der Waals surface area contributed by atoms with Crippen LogP contribution in [0.1, 0.15) is 21.8 Å². The molecule has 0 saturated carbocycles. The van der Waals surface area contributed by atoms with E-state index < -0.39 is 0 Å². The molecule has 0 aliphatic carbocycles.